The first-order valence-electron chi connectivity index (χ1n) is 8.52. The fourth-order valence-electron chi connectivity index (χ4n) is 2.97. The van der Waals surface area contributed by atoms with Crippen LogP contribution >= 0.6 is 18.6 Å². The summed E-state index contributed by atoms with van der Waals surface area (Å²) >= 11 is -1.64. The molecule has 0 aliphatic rings. The summed E-state index contributed by atoms with van der Waals surface area (Å²) in [4.78, 5) is 3.34. The van der Waals surface area contributed by atoms with E-state index in [-0.39, 0.29) is 0 Å². The Morgan fingerprint density at radius 2 is 1.04 bits per heavy atom. The van der Waals surface area contributed by atoms with Gasteiger partial charge >= 0.3 is 38.7 Å². The number of hydrogen-bond donors (Lipinski definition) is 0. The summed E-state index contributed by atoms with van der Waals surface area (Å²) < 4.78 is 0. The second-order valence-corrected chi connectivity index (χ2v) is 12.3. The van der Waals surface area contributed by atoms with Gasteiger partial charge in [-0.1, -0.05) is 25.0 Å². The van der Waals surface area contributed by atoms with Gasteiger partial charge in [-0.05, 0) is 13.8 Å². The van der Waals surface area contributed by atoms with Crippen LogP contribution in [0.15, 0.2) is 60.7 Å². The molecule has 0 aromatic heterocycles. The zero-order valence-electron chi connectivity index (χ0n) is 15.7. The Labute approximate surface area is 170 Å². The van der Waals surface area contributed by atoms with E-state index in [1.165, 1.54) is 43.8 Å². The van der Waals surface area contributed by atoms with E-state index in [2.05, 4.69) is 93.2 Å². The first-order chi connectivity index (χ1) is 12.2. The number of hydrogen-bond acceptors (Lipinski definition) is 0. The first kappa shape index (κ1) is 21.1. The molecule has 0 aliphatic heterocycles. The van der Waals surface area contributed by atoms with E-state index in [0.29, 0.717) is 0 Å². The van der Waals surface area contributed by atoms with Crippen LogP contribution in [0.4, 0.5) is 0 Å². The van der Waals surface area contributed by atoms with Crippen LogP contribution in [0.2, 0.25) is 0 Å². The molecule has 0 saturated carbocycles. The molecule has 0 atom stereocenters. The van der Waals surface area contributed by atoms with Gasteiger partial charge in [0.25, 0.3) is 0 Å². The van der Waals surface area contributed by atoms with Crippen LogP contribution in [-0.4, -0.2) is 4.82 Å². The van der Waals surface area contributed by atoms with Gasteiger partial charge in [0, 0.05) is 0 Å². The average Bonchev–Trinajstić information content (AvgIpc) is 3.07. The van der Waals surface area contributed by atoms with Crippen molar-refractivity contribution in [2.75, 3.05) is 0 Å². The van der Waals surface area contributed by atoms with Crippen molar-refractivity contribution >= 4 is 45.0 Å². The van der Waals surface area contributed by atoms with Gasteiger partial charge < -0.3 is 0 Å². The van der Waals surface area contributed by atoms with Gasteiger partial charge in [0.2, 0.25) is 0 Å². The number of aryl methyl sites for hydroxylation is 4. The van der Waals surface area contributed by atoms with E-state index in [0.717, 1.165) is 0 Å². The van der Waals surface area contributed by atoms with Gasteiger partial charge in [0.05, 0.1) is 0 Å². The van der Waals surface area contributed by atoms with Crippen molar-refractivity contribution in [3.63, 3.8) is 0 Å². The molecule has 0 N–H and O–H groups in total. The molecule has 4 aromatic rings. The molecular weight excluding hydrogens is 395 g/mol. The topological polar surface area (TPSA) is 0 Å². The van der Waals surface area contributed by atoms with Gasteiger partial charge in [-0.3, -0.25) is 0 Å². The number of benzene rings is 2. The molecule has 0 aliphatic carbocycles. The van der Waals surface area contributed by atoms with Gasteiger partial charge in [-0.15, -0.1) is 81.2 Å². The van der Waals surface area contributed by atoms with Gasteiger partial charge in [-0.25, -0.2) is 0 Å². The van der Waals surface area contributed by atoms with Crippen molar-refractivity contribution in [2.24, 2.45) is 0 Å². The molecule has 136 valence electrons. The van der Waals surface area contributed by atoms with E-state index in [1.54, 1.807) is 0 Å². The number of fused-ring (bicyclic) bond motifs is 2. The SMILES string of the molecule is Cc1ccc2[cH-]c(C)cc2c1.Cc1ccc2[cH-]c(C)cc2c1.[CH2]=[Ti]([Cl])[Cl]. The molecule has 4 rings (SSSR count). The van der Waals surface area contributed by atoms with E-state index < -0.39 is 15.3 Å². The van der Waals surface area contributed by atoms with E-state index in [9.17, 15) is 0 Å². The maximum absolute atomic E-state index is 5.10. The van der Waals surface area contributed by atoms with Gasteiger partial charge in [0.1, 0.15) is 0 Å². The molecular formula is C23H24Cl2Ti-2. The minimum absolute atomic E-state index is 1.34. The second-order valence-electron chi connectivity index (χ2n) is 6.67. The average molecular weight is 419 g/mol. The van der Waals surface area contributed by atoms with Crippen molar-refractivity contribution < 1.29 is 15.3 Å². The van der Waals surface area contributed by atoms with Gasteiger partial charge in [0.15, 0.2) is 0 Å². The molecule has 26 heavy (non-hydrogen) atoms. The van der Waals surface area contributed by atoms with Crippen LogP contribution in [-0.2, 0) is 15.3 Å². The fourth-order valence-corrected chi connectivity index (χ4v) is 2.97. The third-order valence-corrected chi connectivity index (χ3v) is 4.02. The molecule has 0 radical (unpaired) electrons. The Morgan fingerprint density at radius 1 is 0.692 bits per heavy atom. The summed E-state index contributed by atoms with van der Waals surface area (Å²) in [5.41, 5.74) is 5.38. The van der Waals surface area contributed by atoms with Crippen LogP contribution in [0, 0.1) is 27.7 Å². The van der Waals surface area contributed by atoms with E-state index >= 15 is 0 Å². The van der Waals surface area contributed by atoms with Crippen molar-refractivity contribution in [3.05, 3.63) is 82.9 Å². The Kier molecular flexibility index (Phi) is 7.86. The van der Waals surface area contributed by atoms with Crippen LogP contribution in [0.1, 0.15) is 22.3 Å². The Hall–Kier alpha value is -1.18. The number of halogens is 2. The van der Waals surface area contributed by atoms with E-state index in [4.69, 9.17) is 18.6 Å². The number of rotatable bonds is 0. The van der Waals surface area contributed by atoms with E-state index in [1.807, 2.05) is 0 Å². The summed E-state index contributed by atoms with van der Waals surface area (Å²) in [5, 5.41) is 5.44. The first-order valence-corrected chi connectivity index (χ1v) is 13.9. The summed E-state index contributed by atoms with van der Waals surface area (Å²) in [6, 6.07) is 22.0. The zero-order valence-corrected chi connectivity index (χ0v) is 18.8. The molecule has 0 amide bonds. The predicted molar refractivity (Wildman–Crippen MR) is 117 cm³/mol. The standard InChI is InChI=1S/2C11H11.CH2.2ClH.Ti/c2*1-8-3-4-10-6-9(2)7-11(10)5-8;;;;/h2*3-7H,1-2H3;1H2;2*1H;/q2*-1;;;;+2/p-2. The van der Waals surface area contributed by atoms with Crippen LogP contribution in [0.25, 0.3) is 21.5 Å². The Morgan fingerprint density at radius 3 is 1.38 bits per heavy atom. The Balaban J connectivity index is 0.000000156. The molecule has 0 nitrogen and oxygen atoms in total. The summed E-state index contributed by atoms with van der Waals surface area (Å²) in [6.07, 6.45) is 0. The molecule has 4 aromatic carbocycles. The summed E-state index contributed by atoms with van der Waals surface area (Å²) in [5.74, 6) is 0. The monoisotopic (exact) mass is 418 g/mol. The zero-order chi connectivity index (χ0) is 19.3. The summed E-state index contributed by atoms with van der Waals surface area (Å²) in [6.45, 7) is 8.52. The summed E-state index contributed by atoms with van der Waals surface area (Å²) in [7, 11) is 10.2. The molecule has 0 spiro atoms. The molecule has 0 unspecified atom stereocenters. The normalized spacial score (nSPS) is 10.1. The van der Waals surface area contributed by atoms with Crippen LogP contribution < -0.4 is 0 Å². The fraction of sp³-hybridized carbons (Fsp3) is 0.174. The predicted octanol–water partition coefficient (Wildman–Crippen LogP) is 7.70. The van der Waals surface area contributed by atoms with Crippen molar-refractivity contribution in [3.8, 4) is 0 Å². The Bertz CT molecular complexity index is 939. The van der Waals surface area contributed by atoms with Crippen molar-refractivity contribution in [2.45, 2.75) is 27.7 Å². The molecule has 0 fully saturated rings. The molecule has 0 heterocycles. The second kappa shape index (κ2) is 9.67. The van der Waals surface area contributed by atoms with Crippen molar-refractivity contribution in [1.82, 2.24) is 0 Å². The minimum atomic E-state index is -1.64. The molecule has 3 heteroatoms. The molecule has 0 saturated heterocycles. The quantitative estimate of drug-likeness (QED) is 0.202. The van der Waals surface area contributed by atoms with Crippen molar-refractivity contribution in [1.29, 1.82) is 0 Å². The third kappa shape index (κ3) is 6.52. The van der Waals surface area contributed by atoms with Crippen LogP contribution in [0.3, 0.4) is 0 Å². The molecule has 0 bridgehead atoms. The van der Waals surface area contributed by atoms with Gasteiger partial charge in [-0.2, -0.15) is 12.1 Å². The third-order valence-electron chi connectivity index (χ3n) is 4.02. The maximum atomic E-state index is 5.10. The van der Waals surface area contributed by atoms with Crippen LogP contribution in [0.5, 0.6) is 0 Å².